The van der Waals surface area contributed by atoms with Crippen LogP contribution >= 0.6 is 0 Å². The molecule has 0 spiro atoms. The van der Waals surface area contributed by atoms with Crippen molar-refractivity contribution in [2.24, 2.45) is 5.92 Å². The zero-order chi connectivity index (χ0) is 18.8. The number of nitrogens with zero attached hydrogens (tertiary/aromatic N) is 2. The van der Waals surface area contributed by atoms with Gasteiger partial charge < -0.3 is 14.9 Å². The first-order valence-corrected chi connectivity index (χ1v) is 9.29. The fraction of sp³-hybridized carbons (Fsp3) is 0.550. The largest absolute Gasteiger partial charge is 0.480 e. The quantitative estimate of drug-likeness (QED) is 0.876. The smallest absolute Gasteiger partial charge is 0.326 e. The highest BCUT2D eigenvalue weighted by atomic mass is 16.4. The number of carboxylic acid groups (broad SMARTS) is 1. The molecule has 2 amide bonds. The van der Waals surface area contributed by atoms with Crippen molar-refractivity contribution >= 4 is 17.8 Å². The maximum Gasteiger partial charge on any atom is 0.326 e. The number of carbonyl (C=O) groups excluding carboxylic acids is 2. The number of rotatable bonds is 5. The summed E-state index contributed by atoms with van der Waals surface area (Å²) in [5.74, 6) is -1.48. The summed E-state index contributed by atoms with van der Waals surface area (Å²) in [6.45, 7) is 4.53. The Kier molecular flexibility index (Phi) is 5.30. The first-order chi connectivity index (χ1) is 12.4. The number of benzene rings is 1. The van der Waals surface area contributed by atoms with Crippen molar-refractivity contribution in [3.63, 3.8) is 0 Å². The summed E-state index contributed by atoms with van der Waals surface area (Å²) < 4.78 is 0. The van der Waals surface area contributed by atoms with E-state index in [9.17, 15) is 19.5 Å². The van der Waals surface area contributed by atoms with Gasteiger partial charge in [0.25, 0.3) is 5.91 Å². The van der Waals surface area contributed by atoms with Crippen LogP contribution in [0.4, 0.5) is 0 Å². The fourth-order valence-electron chi connectivity index (χ4n) is 3.61. The summed E-state index contributed by atoms with van der Waals surface area (Å²) in [4.78, 5) is 40.4. The molecule has 26 heavy (non-hydrogen) atoms. The van der Waals surface area contributed by atoms with Crippen LogP contribution in [0.25, 0.3) is 0 Å². The monoisotopic (exact) mass is 358 g/mol. The predicted molar refractivity (Wildman–Crippen MR) is 96.8 cm³/mol. The standard InChI is InChI=1S/C20H26N2O4/c1-13-5-7-15(8-6-13)18(23)21-11-3-4-16(12-21)19(24)22(17-9-10-17)14(2)20(25)26/h5-8,14,16-17H,3-4,9-12H2,1-2H3,(H,25,26). The maximum atomic E-state index is 13.0. The van der Waals surface area contributed by atoms with Gasteiger partial charge in [0.15, 0.2) is 0 Å². The number of piperidine rings is 1. The molecule has 6 nitrogen and oxygen atoms in total. The van der Waals surface area contributed by atoms with Gasteiger partial charge in [-0.15, -0.1) is 0 Å². The number of amides is 2. The van der Waals surface area contributed by atoms with Crippen molar-refractivity contribution in [3.8, 4) is 0 Å². The average molecular weight is 358 g/mol. The van der Waals surface area contributed by atoms with Gasteiger partial charge in [-0.3, -0.25) is 9.59 Å². The SMILES string of the molecule is Cc1ccc(C(=O)N2CCCC(C(=O)N(C3CC3)C(C)C(=O)O)C2)cc1. The highest BCUT2D eigenvalue weighted by Gasteiger charge is 2.42. The molecule has 1 aromatic rings. The molecule has 1 N–H and O–H groups in total. The minimum atomic E-state index is -0.978. The third kappa shape index (κ3) is 3.89. The summed E-state index contributed by atoms with van der Waals surface area (Å²) >= 11 is 0. The maximum absolute atomic E-state index is 13.0. The molecule has 2 fully saturated rings. The van der Waals surface area contributed by atoms with Crippen molar-refractivity contribution in [1.82, 2.24) is 9.80 Å². The molecule has 1 aliphatic heterocycles. The van der Waals surface area contributed by atoms with Crippen LogP contribution in [0.2, 0.25) is 0 Å². The van der Waals surface area contributed by atoms with E-state index < -0.39 is 12.0 Å². The Morgan fingerprint density at radius 3 is 2.38 bits per heavy atom. The normalized spacial score (nSPS) is 21.2. The molecular formula is C20H26N2O4. The van der Waals surface area contributed by atoms with Gasteiger partial charge in [0, 0.05) is 24.7 Å². The predicted octanol–water partition coefficient (Wildman–Crippen LogP) is 2.31. The van der Waals surface area contributed by atoms with E-state index in [-0.39, 0.29) is 23.8 Å². The lowest BCUT2D eigenvalue weighted by molar-refractivity contribution is -0.152. The summed E-state index contributed by atoms with van der Waals surface area (Å²) in [5.41, 5.74) is 1.72. The molecule has 3 rings (SSSR count). The number of aryl methyl sites for hydroxylation is 1. The second-order valence-corrected chi connectivity index (χ2v) is 7.45. The number of hydrogen-bond acceptors (Lipinski definition) is 3. The van der Waals surface area contributed by atoms with Crippen molar-refractivity contribution in [1.29, 1.82) is 0 Å². The third-order valence-electron chi connectivity index (χ3n) is 5.33. The summed E-state index contributed by atoms with van der Waals surface area (Å²) in [7, 11) is 0. The molecule has 0 aromatic heterocycles. The molecule has 0 bridgehead atoms. The minimum absolute atomic E-state index is 0.0387. The molecule has 1 saturated carbocycles. The van der Waals surface area contributed by atoms with E-state index in [1.807, 2.05) is 31.2 Å². The highest BCUT2D eigenvalue weighted by Crippen LogP contribution is 2.32. The van der Waals surface area contributed by atoms with Crippen LogP contribution in [0.5, 0.6) is 0 Å². The summed E-state index contributed by atoms with van der Waals surface area (Å²) in [5, 5.41) is 9.33. The molecule has 140 valence electrons. The number of aliphatic carboxylic acids is 1. The molecule has 6 heteroatoms. The molecule has 1 aromatic carbocycles. The fourth-order valence-corrected chi connectivity index (χ4v) is 3.61. The van der Waals surface area contributed by atoms with Crippen molar-refractivity contribution < 1.29 is 19.5 Å². The highest BCUT2D eigenvalue weighted by molar-refractivity contribution is 5.95. The molecule has 1 saturated heterocycles. The van der Waals surface area contributed by atoms with E-state index in [1.165, 1.54) is 4.90 Å². The molecule has 2 unspecified atom stereocenters. The van der Waals surface area contributed by atoms with E-state index >= 15 is 0 Å². The third-order valence-corrected chi connectivity index (χ3v) is 5.33. The number of carbonyl (C=O) groups is 3. The van der Waals surface area contributed by atoms with Gasteiger partial charge in [0.05, 0.1) is 5.92 Å². The molecule has 1 aliphatic carbocycles. The van der Waals surface area contributed by atoms with Crippen LogP contribution in [0, 0.1) is 12.8 Å². The van der Waals surface area contributed by atoms with Gasteiger partial charge >= 0.3 is 5.97 Å². The van der Waals surface area contributed by atoms with Crippen molar-refractivity contribution in [3.05, 3.63) is 35.4 Å². The van der Waals surface area contributed by atoms with Gasteiger partial charge in [0.1, 0.15) is 6.04 Å². The Morgan fingerprint density at radius 2 is 1.81 bits per heavy atom. The van der Waals surface area contributed by atoms with Crippen LogP contribution in [-0.2, 0) is 9.59 Å². The van der Waals surface area contributed by atoms with Crippen LogP contribution in [-0.4, -0.2) is 57.9 Å². The van der Waals surface area contributed by atoms with Crippen LogP contribution in [0.1, 0.15) is 48.5 Å². The number of carboxylic acids is 1. The number of likely N-dealkylation sites (tertiary alicyclic amines) is 1. The minimum Gasteiger partial charge on any atom is -0.480 e. The molecule has 2 aliphatic rings. The first kappa shape index (κ1) is 18.4. The molecular weight excluding hydrogens is 332 g/mol. The Morgan fingerprint density at radius 1 is 1.15 bits per heavy atom. The van der Waals surface area contributed by atoms with E-state index in [4.69, 9.17) is 0 Å². The summed E-state index contributed by atoms with van der Waals surface area (Å²) in [6, 6.07) is 6.65. The topological polar surface area (TPSA) is 77.9 Å². The van der Waals surface area contributed by atoms with Gasteiger partial charge in [0.2, 0.25) is 5.91 Å². The Balaban J connectivity index is 1.70. The molecule has 0 radical (unpaired) electrons. The van der Waals surface area contributed by atoms with Gasteiger partial charge in [-0.2, -0.15) is 0 Å². The first-order valence-electron chi connectivity index (χ1n) is 9.29. The Labute approximate surface area is 153 Å². The van der Waals surface area contributed by atoms with E-state index in [0.29, 0.717) is 25.1 Å². The van der Waals surface area contributed by atoms with Gasteiger partial charge in [-0.05, 0) is 51.7 Å². The van der Waals surface area contributed by atoms with Crippen molar-refractivity contribution in [2.75, 3.05) is 13.1 Å². The Hall–Kier alpha value is -2.37. The van der Waals surface area contributed by atoms with E-state index in [2.05, 4.69) is 0 Å². The van der Waals surface area contributed by atoms with Crippen LogP contribution < -0.4 is 0 Å². The van der Waals surface area contributed by atoms with Crippen LogP contribution in [0.15, 0.2) is 24.3 Å². The second-order valence-electron chi connectivity index (χ2n) is 7.45. The van der Waals surface area contributed by atoms with E-state index in [1.54, 1.807) is 11.8 Å². The average Bonchev–Trinajstić information content (AvgIpc) is 3.46. The van der Waals surface area contributed by atoms with Gasteiger partial charge in [-0.1, -0.05) is 17.7 Å². The lowest BCUT2D eigenvalue weighted by atomic mass is 9.95. The Bertz CT molecular complexity index is 696. The molecule has 1 heterocycles. The van der Waals surface area contributed by atoms with E-state index in [0.717, 1.165) is 24.8 Å². The zero-order valence-corrected chi connectivity index (χ0v) is 15.4. The van der Waals surface area contributed by atoms with Crippen molar-refractivity contribution in [2.45, 2.75) is 51.6 Å². The van der Waals surface area contributed by atoms with Crippen LogP contribution in [0.3, 0.4) is 0 Å². The molecule has 2 atom stereocenters. The lowest BCUT2D eigenvalue weighted by Gasteiger charge is -2.36. The second kappa shape index (κ2) is 7.48. The summed E-state index contributed by atoms with van der Waals surface area (Å²) in [6.07, 6.45) is 3.18. The zero-order valence-electron chi connectivity index (χ0n) is 15.4. The number of hydrogen-bond donors (Lipinski definition) is 1. The van der Waals surface area contributed by atoms with Gasteiger partial charge in [-0.25, -0.2) is 4.79 Å². The lowest BCUT2D eigenvalue weighted by Crippen LogP contribution is -2.51.